The first-order valence-electron chi connectivity index (χ1n) is 6.39. The summed E-state index contributed by atoms with van der Waals surface area (Å²) in [6.45, 7) is 1.98. The van der Waals surface area contributed by atoms with E-state index >= 15 is 0 Å². The van der Waals surface area contributed by atoms with Crippen LogP contribution in [-0.2, 0) is 16.0 Å². The van der Waals surface area contributed by atoms with Crippen molar-refractivity contribution >= 4 is 11.8 Å². The van der Waals surface area contributed by atoms with E-state index < -0.39 is 11.4 Å². The number of carbonyl (C=O) groups excluding carboxylic acids is 2. The molecule has 1 unspecified atom stereocenters. The van der Waals surface area contributed by atoms with Crippen LogP contribution in [0, 0.1) is 17.8 Å². The highest BCUT2D eigenvalue weighted by Gasteiger charge is 2.49. The van der Waals surface area contributed by atoms with E-state index in [1.165, 1.54) is 0 Å². The normalized spacial score (nSPS) is 21.4. The van der Waals surface area contributed by atoms with Crippen molar-refractivity contribution < 1.29 is 14.3 Å². The van der Waals surface area contributed by atoms with Crippen molar-refractivity contribution in [3.63, 3.8) is 0 Å². The van der Waals surface area contributed by atoms with Gasteiger partial charge in [0.2, 0.25) is 0 Å². The van der Waals surface area contributed by atoms with Gasteiger partial charge in [0.05, 0.1) is 6.61 Å². The Morgan fingerprint density at radius 3 is 2.89 bits per heavy atom. The first-order chi connectivity index (χ1) is 9.15. The van der Waals surface area contributed by atoms with Gasteiger partial charge in [0.25, 0.3) is 0 Å². The smallest absolute Gasteiger partial charge is 0.321 e. The average Bonchev–Trinajstić information content (AvgIpc) is 2.43. The maximum Gasteiger partial charge on any atom is 0.321 e. The molecule has 0 heterocycles. The molecule has 0 saturated carbocycles. The second-order valence-electron chi connectivity index (χ2n) is 4.67. The van der Waals surface area contributed by atoms with E-state index in [9.17, 15) is 9.59 Å². The summed E-state index contributed by atoms with van der Waals surface area (Å²) < 4.78 is 5.07. The van der Waals surface area contributed by atoms with E-state index in [1.807, 2.05) is 12.1 Å². The molecule has 2 rings (SSSR count). The van der Waals surface area contributed by atoms with Gasteiger partial charge < -0.3 is 4.74 Å². The lowest BCUT2D eigenvalue weighted by molar-refractivity contribution is -0.152. The Bertz CT molecular complexity index is 553. The number of fused-ring (bicyclic) bond motifs is 1. The van der Waals surface area contributed by atoms with Gasteiger partial charge in [-0.1, -0.05) is 24.3 Å². The number of benzene rings is 1. The van der Waals surface area contributed by atoms with Crippen LogP contribution in [0.25, 0.3) is 0 Å². The third kappa shape index (κ3) is 2.15. The summed E-state index contributed by atoms with van der Waals surface area (Å²) in [6.07, 6.45) is 6.54. The fraction of sp³-hybridized carbons (Fsp3) is 0.375. The van der Waals surface area contributed by atoms with Crippen molar-refractivity contribution in [1.82, 2.24) is 0 Å². The molecular weight excluding hydrogens is 240 g/mol. The maximum absolute atomic E-state index is 12.6. The van der Waals surface area contributed by atoms with Gasteiger partial charge in [0.15, 0.2) is 5.78 Å². The zero-order valence-electron chi connectivity index (χ0n) is 10.9. The monoisotopic (exact) mass is 256 g/mol. The Morgan fingerprint density at radius 2 is 2.21 bits per heavy atom. The van der Waals surface area contributed by atoms with Crippen LogP contribution in [0.4, 0.5) is 0 Å². The molecule has 1 aromatic carbocycles. The molecule has 1 aliphatic carbocycles. The molecular formula is C16H16O3. The average molecular weight is 256 g/mol. The summed E-state index contributed by atoms with van der Waals surface area (Å²) >= 11 is 0. The molecule has 3 heteroatoms. The summed E-state index contributed by atoms with van der Waals surface area (Å²) in [6, 6.07) is 7.36. The second kappa shape index (κ2) is 5.27. The minimum absolute atomic E-state index is 0.0962. The van der Waals surface area contributed by atoms with Crippen molar-refractivity contribution in [3.8, 4) is 12.3 Å². The Hall–Kier alpha value is -2.08. The summed E-state index contributed by atoms with van der Waals surface area (Å²) in [5, 5.41) is 0. The van der Waals surface area contributed by atoms with E-state index in [0.29, 0.717) is 18.4 Å². The lowest BCUT2D eigenvalue weighted by Crippen LogP contribution is -2.44. The van der Waals surface area contributed by atoms with Crippen LogP contribution in [0.1, 0.15) is 35.7 Å². The Labute approximate surface area is 113 Å². The molecule has 0 radical (unpaired) electrons. The van der Waals surface area contributed by atoms with Crippen molar-refractivity contribution in [2.24, 2.45) is 5.41 Å². The minimum atomic E-state index is -1.20. The number of ketones is 1. The predicted octanol–water partition coefficient (Wildman–Crippen LogP) is 2.39. The fourth-order valence-electron chi connectivity index (χ4n) is 2.56. The first-order valence-corrected chi connectivity index (χ1v) is 6.39. The number of esters is 1. The van der Waals surface area contributed by atoms with Gasteiger partial charge in [-0.05, 0) is 25.3 Å². The second-order valence-corrected chi connectivity index (χ2v) is 4.67. The third-order valence-electron chi connectivity index (χ3n) is 3.59. The lowest BCUT2D eigenvalue weighted by atomic mass is 9.68. The van der Waals surface area contributed by atoms with Gasteiger partial charge in [-0.2, -0.15) is 0 Å². The topological polar surface area (TPSA) is 43.4 Å². The molecule has 1 atom stereocenters. The zero-order valence-corrected chi connectivity index (χ0v) is 10.9. The Balaban J connectivity index is 2.45. The molecule has 0 aliphatic heterocycles. The molecule has 0 aromatic heterocycles. The summed E-state index contributed by atoms with van der Waals surface area (Å²) in [4.78, 5) is 24.8. The number of aryl methyl sites for hydroxylation is 1. The molecule has 0 amide bonds. The summed E-state index contributed by atoms with van der Waals surface area (Å²) in [7, 11) is 0. The fourth-order valence-corrected chi connectivity index (χ4v) is 2.56. The molecule has 0 saturated heterocycles. The van der Waals surface area contributed by atoms with Crippen LogP contribution >= 0.6 is 0 Å². The Kier molecular flexibility index (Phi) is 3.71. The first kappa shape index (κ1) is 13.4. The molecule has 3 nitrogen and oxygen atoms in total. The number of hydrogen-bond donors (Lipinski definition) is 0. The molecule has 0 N–H and O–H groups in total. The highest BCUT2D eigenvalue weighted by atomic mass is 16.5. The molecule has 1 aliphatic rings. The van der Waals surface area contributed by atoms with Gasteiger partial charge >= 0.3 is 5.97 Å². The largest absolute Gasteiger partial charge is 0.465 e. The quantitative estimate of drug-likeness (QED) is 0.474. The van der Waals surface area contributed by atoms with Crippen LogP contribution in [0.2, 0.25) is 0 Å². The van der Waals surface area contributed by atoms with E-state index in [1.54, 1.807) is 19.1 Å². The maximum atomic E-state index is 12.6. The highest BCUT2D eigenvalue weighted by Crippen LogP contribution is 2.39. The van der Waals surface area contributed by atoms with Crippen LogP contribution in [0.5, 0.6) is 0 Å². The molecule has 0 bridgehead atoms. The SMILES string of the molecule is C#CCC1(C(=O)OCC)CCc2ccccc2C1=O. The number of Topliss-reactive ketones (excluding diaryl/α,β-unsaturated/α-hetero) is 1. The van der Waals surface area contributed by atoms with E-state index in [4.69, 9.17) is 11.2 Å². The lowest BCUT2D eigenvalue weighted by Gasteiger charge is -2.32. The number of rotatable bonds is 3. The third-order valence-corrected chi connectivity index (χ3v) is 3.59. The van der Waals surface area contributed by atoms with Gasteiger partial charge in [-0.15, -0.1) is 12.3 Å². The molecule has 1 aromatic rings. The van der Waals surface area contributed by atoms with Crippen molar-refractivity contribution in [2.75, 3.05) is 6.61 Å². The van der Waals surface area contributed by atoms with E-state index in [-0.39, 0.29) is 18.8 Å². The highest BCUT2D eigenvalue weighted by molar-refractivity contribution is 6.14. The number of terminal acetylenes is 1. The van der Waals surface area contributed by atoms with Gasteiger partial charge in [0.1, 0.15) is 5.41 Å². The minimum Gasteiger partial charge on any atom is -0.465 e. The molecule has 98 valence electrons. The van der Waals surface area contributed by atoms with Gasteiger partial charge in [-0.25, -0.2) is 0 Å². The standard InChI is InChI=1S/C16H16O3/c1-3-10-16(15(18)19-4-2)11-9-12-7-5-6-8-13(12)14(16)17/h1,5-8H,4,9-11H2,2H3. The van der Waals surface area contributed by atoms with Crippen LogP contribution in [0.3, 0.4) is 0 Å². The van der Waals surface area contributed by atoms with Gasteiger partial charge in [0, 0.05) is 12.0 Å². The summed E-state index contributed by atoms with van der Waals surface area (Å²) in [5.74, 6) is 1.76. The van der Waals surface area contributed by atoms with Crippen LogP contribution in [-0.4, -0.2) is 18.4 Å². The predicted molar refractivity (Wildman–Crippen MR) is 71.6 cm³/mol. The van der Waals surface area contributed by atoms with E-state index in [2.05, 4.69) is 5.92 Å². The Morgan fingerprint density at radius 1 is 1.47 bits per heavy atom. The van der Waals surface area contributed by atoms with Crippen LogP contribution < -0.4 is 0 Å². The molecule has 0 spiro atoms. The number of carbonyl (C=O) groups is 2. The zero-order chi connectivity index (χ0) is 13.9. The van der Waals surface area contributed by atoms with Gasteiger partial charge in [-0.3, -0.25) is 9.59 Å². The summed E-state index contributed by atoms with van der Waals surface area (Å²) in [5.41, 5.74) is 0.376. The van der Waals surface area contributed by atoms with Crippen LogP contribution in [0.15, 0.2) is 24.3 Å². The van der Waals surface area contributed by atoms with E-state index in [0.717, 1.165) is 5.56 Å². The number of ether oxygens (including phenoxy) is 1. The molecule has 19 heavy (non-hydrogen) atoms. The molecule has 0 fully saturated rings. The number of hydrogen-bond acceptors (Lipinski definition) is 3. The van der Waals surface area contributed by atoms with Crippen molar-refractivity contribution in [3.05, 3.63) is 35.4 Å². The van der Waals surface area contributed by atoms with Crippen molar-refractivity contribution in [2.45, 2.75) is 26.2 Å². The van der Waals surface area contributed by atoms with Crippen molar-refractivity contribution in [1.29, 1.82) is 0 Å².